The third kappa shape index (κ3) is 2.09. The highest BCUT2D eigenvalue weighted by atomic mass is 79.9. The van der Waals surface area contributed by atoms with Crippen molar-refractivity contribution in [2.75, 3.05) is 0 Å². The van der Waals surface area contributed by atoms with Gasteiger partial charge in [0.25, 0.3) is 0 Å². The fourth-order valence-electron chi connectivity index (χ4n) is 1.16. The van der Waals surface area contributed by atoms with E-state index in [9.17, 15) is 4.79 Å². The van der Waals surface area contributed by atoms with Crippen molar-refractivity contribution in [2.45, 2.75) is 19.8 Å². The van der Waals surface area contributed by atoms with E-state index in [4.69, 9.17) is 5.11 Å². The zero-order chi connectivity index (χ0) is 10.0. The lowest BCUT2D eigenvalue weighted by atomic mass is 10.2. The number of carboxylic acid groups (broad SMARTS) is 1. The number of carboxylic acids is 1. The Morgan fingerprint density at radius 3 is 2.69 bits per heavy atom. The van der Waals surface area contributed by atoms with Gasteiger partial charge in [-0.1, -0.05) is 6.92 Å². The van der Waals surface area contributed by atoms with Gasteiger partial charge in [-0.25, -0.2) is 0 Å². The Morgan fingerprint density at radius 2 is 2.31 bits per heavy atom. The summed E-state index contributed by atoms with van der Waals surface area (Å²) < 4.78 is 2.43. The fourth-order valence-corrected chi connectivity index (χ4v) is 1.91. The molecule has 4 nitrogen and oxygen atoms in total. The van der Waals surface area contributed by atoms with E-state index in [0.717, 1.165) is 16.6 Å². The van der Waals surface area contributed by atoms with Crippen LogP contribution in [0.3, 0.4) is 0 Å². The minimum absolute atomic E-state index is 0.00405. The summed E-state index contributed by atoms with van der Waals surface area (Å²) in [6, 6.07) is 0. The molecule has 0 radical (unpaired) electrons. The van der Waals surface area contributed by atoms with E-state index in [2.05, 4.69) is 21.0 Å². The van der Waals surface area contributed by atoms with Crippen LogP contribution in [0.15, 0.2) is 4.47 Å². The number of carbonyl (C=O) groups is 1. The Kier molecular flexibility index (Phi) is 3.08. The van der Waals surface area contributed by atoms with E-state index in [1.807, 2.05) is 6.92 Å². The summed E-state index contributed by atoms with van der Waals surface area (Å²) in [5.74, 6) is -0.841. The molecule has 1 rings (SSSR count). The second kappa shape index (κ2) is 3.91. The zero-order valence-corrected chi connectivity index (χ0v) is 9.13. The Balaban J connectivity index is 3.05. The van der Waals surface area contributed by atoms with Crippen molar-refractivity contribution < 1.29 is 9.90 Å². The maximum Gasteiger partial charge on any atom is 0.309 e. The minimum Gasteiger partial charge on any atom is -0.481 e. The van der Waals surface area contributed by atoms with E-state index < -0.39 is 5.97 Å². The molecule has 0 aliphatic carbocycles. The summed E-state index contributed by atoms with van der Waals surface area (Å²) in [5, 5.41) is 12.8. The summed E-state index contributed by atoms with van der Waals surface area (Å²) in [7, 11) is 1.75. The average Bonchev–Trinajstić information content (AvgIpc) is 2.31. The van der Waals surface area contributed by atoms with Crippen LogP contribution >= 0.6 is 15.9 Å². The summed E-state index contributed by atoms with van der Waals surface area (Å²) >= 11 is 3.34. The van der Waals surface area contributed by atoms with Gasteiger partial charge in [0.2, 0.25) is 0 Å². The van der Waals surface area contributed by atoms with Crippen LogP contribution in [-0.2, 0) is 24.7 Å². The molecule has 0 aromatic carbocycles. The molecule has 1 N–H and O–H groups in total. The Hall–Kier alpha value is -0.840. The van der Waals surface area contributed by atoms with Crippen LogP contribution < -0.4 is 0 Å². The van der Waals surface area contributed by atoms with E-state index >= 15 is 0 Å². The fraction of sp³-hybridized carbons (Fsp3) is 0.500. The quantitative estimate of drug-likeness (QED) is 0.877. The molecule has 0 atom stereocenters. The van der Waals surface area contributed by atoms with Crippen molar-refractivity contribution in [2.24, 2.45) is 7.05 Å². The predicted octanol–water partition coefficient (Wildman–Crippen LogP) is 1.37. The molecule has 1 aromatic heterocycles. The third-order valence-corrected chi connectivity index (χ3v) is 2.74. The molecule has 0 aliphatic rings. The first-order valence-corrected chi connectivity index (χ1v) is 4.77. The highest BCUT2D eigenvalue weighted by Crippen LogP contribution is 2.21. The number of aryl methyl sites for hydroxylation is 2. The number of nitrogens with zero attached hydrogens (tertiary/aromatic N) is 2. The van der Waals surface area contributed by atoms with Gasteiger partial charge in [0.1, 0.15) is 0 Å². The molecule has 1 aromatic rings. The number of hydrogen-bond acceptors (Lipinski definition) is 2. The van der Waals surface area contributed by atoms with Crippen molar-refractivity contribution >= 4 is 21.9 Å². The maximum atomic E-state index is 10.5. The summed E-state index contributed by atoms with van der Waals surface area (Å²) in [4.78, 5) is 10.5. The first kappa shape index (κ1) is 10.2. The molecule has 72 valence electrons. The lowest BCUT2D eigenvalue weighted by molar-refractivity contribution is -0.136. The molecule has 5 heteroatoms. The molecular formula is C8H11BrN2O2. The van der Waals surface area contributed by atoms with Gasteiger partial charge in [0.15, 0.2) is 0 Å². The van der Waals surface area contributed by atoms with Crippen LogP contribution in [-0.4, -0.2) is 20.9 Å². The Morgan fingerprint density at radius 1 is 1.69 bits per heavy atom. The van der Waals surface area contributed by atoms with Crippen LogP contribution in [0.2, 0.25) is 0 Å². The van der Waals surface area contributed by atoms with E-state index in [1.54, 1.807) is 11.7 Å². The maximum absolute atomic E-state index is 10.5. The lowest BCUT2D eigenvalue weighted by Gasteiger charge is -1.97. The molecule has 0 aliphatic heterocycles. The van der Waals surface area contributed by atoms with Crippen LogP contribution in [0.4, 0.5) is 0 Å². The number of halogens is 1. The van der Waals surface area contributed by atoms with Gasteiger partial charge < -0.3 is 5.11 Å². The smallest absolute Gasteiger partial charge is 0.309 e. The predicted molar refractivity (Wildman–Crippen MR) is 51.6 cm³/mol. The van der Waals surface area contributed by atoms with E-state index in [0.29, 0.717) is 5.69 Å². The molecule has 0 saturated carbocycles. The monoisotopic (exact) mass is 246 g/mol. The number of aliphatic carboxylic acids is 1. The molecule has 0 unspecified atom stereocenters. The molecule has 13 heavy (non-hydrogen) atoms. The molecular weight excluding hydrogens is 236 g/mol. The van der Waals surface area contributed by atoms with Gasteiger partial charge >= 0.3 is 5.97 Å². The number of rotatable bonds is 3. The largest absolute Gasteiger partial charge is 0.481 e. The summed E-state index contributed by atoms with van der Waals surface area (Å²) in [6.45, 7) is 1.98. The average molecular weight is 247 g/mol. The van der Waals surface area contributed by atoms with Crippen LogP contribution in [0.25, 0.3) is 0 Å². The molecule has 0 saturated heterocycles. The summed E-state index contributed by atoms with van der Waals surface area (Å²) in [5.41, 5.74) is 1.61. The number of hydrogen-bond donors (Lipinski definition) is 1. The normalized spacial score (nSPS) is 10.4. The third-order valence-electron chi connectivity index (χ3n) is 1.82. The minimum atomic E-state index is -0.841. The van der Waals surface area contributed by atoms with Gasteiger partial charge in [0, 0.05) is 7.05 Å². The Bertz CT molecular complexity index is 333. The zero-order valence-electron chi connectivity index (χ0n) is 7.54. The first-order valence-electron chi connectivity index (χ1n) is 3.98. The van der Waals surface area contributed by atoms with Crippen molar-refractivity contribution in [3.8, 4) is 0 Å². The highest BCUT2D eigenvalue weighted by Gasteiger charge is 2.14. The highest BCUT2D eigenvalue weighted by molar-refractivity contribution is 9.10. The van der Waals surface area contributed by atoms with Gasteiger partial charge in [0.05, 0.1) is 22.3 Å². The molecule has 0 spiro atoms. The van der Waals surface area contributed by atoms with Crippen molar-refractivity contribution in [1.82, 2.24) is 9.78 Å². The molecule has 0 bridgehead atoms. The van der Waals surface area contributed by atoms with Crippen molar-refractivity contribution in [3.63, 3.8) is 0 Å². The van der Waals surface area contributed by atoms with Gasteiger partial charge in [-0.3, -0.25) is 9.48 Å². The topological polar surface area (TPSA) is 55.1 Å². The SMILES string of the molecule is CCc1nn(C)c(CC(=O)O)c1Br. The molecule has 0 amide bonds. The molecule has 1 heterocycles. The molecule has 0 fully saturated rings. The van der Waals surface area contributed by atoms with Gasteiger partial charge in [-0.2, -0.15) is 5.10 Å². The van der Waals surface area contributed by atoms with Crippen LogP contribution in [0.5, 0.6) is 0 Å². The second-order valence-electron chi connectivity index (χ2n) is 2.76. The van der Waals surface area contributed by atoms with E-state index in [1.165, 1.54) is 0 Å². The number of aromatic nitrogens is 2. The van der Waals surface area contributed by atoms with Crippen molar-refractivity contribution in [3.05, 3.63) is 15.9 Å². The van der Waals surface area contributed by atoms with Crippen LogP contribution in [0.1, 0.15) is 18.3 Å². The lowest BCUT2D eigenvalue weighted by Crippen LogP contribution is -2.06. The first-order chi connectivity index (χ1) is 6.06. The standard InChI is InChI=1S/C8H11BrN2O2/c1-3-5-8(9)6(4-7(12)13)11(2)10-5/h3-4H2,1-2H3,(H,12,13). The van der Waals surface area contributed by atoms with Gasteiger partial charge in [-0.15, -0.1) is 0 Å². The summed E-state index contributed by atoms with van der Waals surface area (Å²) in [6.07, 6.45) is 0.804. The van der Waals surface area contributed by atoms with Gasteiger partial charge in [-0.05, 0) is 22.4 Å². The van der Waals surface area contributed by atoms with E-state index in [-0.39, 0.29) is 6.42 Å². The second-order valence-corrected chi connectivity index (χ2v) is 3.55. The van der Waals surface area contributed by atoms with Crippen molar-refractivity contribution in [1.29, 1.82) is 0 Å². The Labute approximate surface area is 84.7 Å². The van der Waals surface area contributed by atoms with Crippen LogP contribution in [0, 0.1) is 0 Å².